The fraction of sp³-hybridized carbons (Fsp3) is 0.444. The first-order valence-electron chi connectivity index (χ1n) is 8.41. The second-order valence-corrected chi connectivity index (χ2v) is 6.12. The summed E-state index contributed by atoms with van der Waals surface area (Å²) in [5.41, 5.74) is 2.73. The molecule has 1 amide bonds. The molecule has 3 rings (SSSR count). The molecule has 7 nitrogen and oxygen atoms in total. The van der Waals surface area contributed by atoms with Crippen LogP contribution in [0.4, 0.5) is 0 Å². The van der Waals surface area contributed by atoms with Gasteiger partial charge in [0.2, 0.25) is 17.6 Å². The largest absolute Gasteiger partial charge is 0.396 e. The van der Waals surface area contributed by atoms with Crippen LogP contribution in [0.15, 0.2) is 33.9 Å². The molecular formula is C18H22N4O3. The molecule has 0 spiro atoms. The predicted molar refractivity (Wildman–Crippen MR) is 93.1 cm³/mol. The van der Waals surface area contributed by atoms with Crippen LogP contribution < -0.4 is 0 Å². The van der Waals surface area contributed by atoms with Gasteiger partial charge in [0, 0.05) is 12.5 Å². The van der Waals surface area contributed by atoms with Crippen molar-refractivity contribution < 1.29 is 14.2 Å². The van der Waals surface area contributed by atoms with E-state index in [0.29, 0.717) is 24.9 Å². The van der Waals surface area contributed by atoms with Gasteiger partial charge in [0.1, 0.15) is 6.61 Å². The summed E-state index contributed by atoms with van der Waals surface area (Å²) in [6.45, 7) is 8.59. The lowest BCUT2D eigenvalue weighted by atomic mass is 9.94. The highest BCUT2D eigenvalue weighted by Gasteiger charge is 2.38. The third-order valence-electron chi connectivity index (χ3n) is 4.44. The molecule has 1 aliphatic rings. The van der Waals surface area contributed by atoms with E-state index in [9.17, 15) is 4.79 Å². The maximum Gasteiger partial charge on any atom is 0.230 e. The van der Waals surface area contributed by atoms with E-state index in [-0.39, 0.29) is 17.9 Å². The Morgan fingerprint density at radius 1 is 1.44 bits per heavy atom. The Balaban J connectivity index is 1.67. The molecule has 25 heavy (non-hydrogen) atoms. The lowest BCUT2D eigenvalue weighted by Crippen LogP contribution is -2.59. The number of aryl methyl sites for hydroxylation is 1. The molecule has 2 unspecified atom stereocenters. The zero-order valence-corrected chi connectivity index (χ0v) is 14.9. The number of amides is 1. The maximum atomic E-state index is 12.7. The third kappa shape index (κ3) is 3.40. The van der Waals surface area contributed by atoms with Gasteiger partial charge in [-0.15, -0.1) is 0 Å². The minimum absolute atomic E-state index is 0.0110. The smallest absolute Gasteiger partial charge is 0.230 e. The Kier molecular flexibility index (Phi) is 4.83. The van der Waals surface area contributed by atoms with Crippen molar-refractivity contribution in [2.45, 2.75) is 39.7 Å². The van der Waals surface area contributed by atoms with Crippen LogP contribution in [0.5, 0.6) is 0 Å². The summed E-state index contributed by atoms with van der Waals surface area (Å²) >= 11 is 0. The van der Waals surface area contributed by atoms with Crippen LogP contribution in [0.25, 0.3) is 11.4 Å². The van der Waals surface area contributed by atoms with E-state index < -0.39 is 0 Å². The molecule has 1 aromatic carbocycles. The molecule has 0 bridgehead atoms. The number of rotatable bonds is 5. The monoisotopic (exact) mass is 342 g/mol. The third-order valence-corrected chi connectivity index (χ3v) is 4.44. The molecule has 7 heteroatoms. The maximum absolute atomic E-state index is 12.7. The molecule has 0 saturated carbocycles. The average Bonchev–Trinajstić information content (AvgIpc) is 3.06. The molecule has 0 aliphatic carbocycles. The zero-order valence-electron chi connectivity index (χ0n) is 14.9. The van der Waals surface area contributed by atoms with Crippen LogP contribution >= 0.6 is 0 Å². The van der Waals surface area contributed by atoms with Crippen molar-refractivity contribution in [2.24, 2.45) is 5.16 Å². The van der Waals surface area contributed by atoms with Crippen LogP contribution in [0, 0.1) is 6.92 Å². The van der Waals surface area contributed by atoms with Crippen molar-refractivity contribution >= 4 is 11.6 Å². The van der Waals surface area contributed by atoms with Gasteiger partial charge in [-0.2, -0.15) is 4.98 Å². The van der Waals surface area contributed by atoms with Gasteiger partial charge in [-0.3, -0.25) is 4.79 Å². The normalized spacial score (nSPS) is 19.6. The van der Waals surface area contributed by atoms with Crippen molar-refractivity contribution in [3.05, 3.63) is 35.7 Å². The topological polar surface area (TPSA) is 80.8 Å². The summed E-state index contributed by atoms with van der Waals surface area (Å²) in [7, 11) is 0. The average molecular weight is 342 g/mol. The number of carbonyl (C=O) groups excluding carboxylic acids is 1. The van der Waals surface area contributed by atoms with Gasteiger partial charge in [0.25, 0.3) is 0 Å². The molecule has 1 aliphatic heterocycles. The molecule has 2 heterocycles. The van der Waals surface area contributed by atoms with Gasteiger partial charge in [-0.25, -0.2) is 0 Å². The highest BCUT2D eigenvalue weighted by molar-refractivity contribution is 6.03. The van der Waals surface area contributed by atoms with Crippen LogP contribution in [0.3, 0.4) is 0 Å². The van der Waals surface area contributed by atoms with Crippen LogP contribution in [0.2, 0.25) is 0 Å². The van der Waals surface area contributed by atoms with E-state index in [1.165, 1.54) is 0 Å². The van der Waals surface area contributed by atoms with Gasteiger partial charge in [-0.05, 0) is 26.3 Å². The minimum Gasteiger partial charge on any atom is -0.396 e. The Bertz CT molecular complexity index is 782. The van der Waals surface area contributed by atoms with E-state index in [0.717, 1.165) is 16.8 Å². The van der Waals surface area contributed by atoms with E-state index in [2.05, 4.69) is 15.3 Å². The zero-order chi connectivity index (χ0) is 18.0. The Morgan fingerprint density at radius 3 is 2.72 bits per heavy atom. The Labute approximate surface area is 146 Å². The van der Waals surface area contributed by atoms with Gasteiger partial charge >= 0.3 is 0 Å². The van der Waals surface area contributed by atoms with E-state index >= 15 is 0 Å². The number of hydrogen-bond donors (Lipinski definition) is 0. The standard InChI is InChI=1S/C18H22N4O3/c1-5-24-20-16-10-22(12(16)3)18(23)11(2)14-6-8-15(9-7-14)17-19-13(4)25-21-17/h6-9,11-12H,5,10H2,1-4H3. The van der Waals surface area contributed by atoms with Crippen molar-refractivity contribution in [1.82, 2.24) is 15.0 Å². The number of carbonyl (C=O) groups is 1. The lowest BCUT2D eigenvalue weighted by Gasteiger charge is -2.41. The van der Waals surface area contributed by atoms with E-state index in [4.69, 9.17) is 9.36 Å². The SMILES string of the molecule is CCON=C1CN(C(=O)C(C)c2ccc(-c3noc(C)n3)cc2)C1C. The quantitative estimate of drug-likeness (QED) is 0.781. The number of hydrogen-bond acceptors (Lipinski definition) is 6. The number of benzene rings is 1. The molecular weight excluding hydrogens is 320 g/mol. The molecule has 0 radical (unpaired) electrons. The summed E-state index contributed by atoms with van der Waals surface area (Å²) in [4.78, 5) is 23.8. The molecule has 2 atom stereocenters. The predicted octanol–water partition coefficient (Wildman–Crippen LogP) is 2.77. The molecule has 0 N–H and O–H groups in total. The number of aromatic nitrogens is 2. The summed E-state index contributed by atoms with van der Waals surface area (Å²) in [6, 6.07) is 7.67. The number of oxime groups is 1. The van der Waals surface area contributed by atoms with Gasteiger partial charge < -0.3 is 14.3 Å². The first-order chi connectivity index (χ1) is 12.0. The number of likely N-dealkylation sites (tertiary alicyclic amines) is 1. The highest BCUT2D eigenvalue weighted by atomic mass is 16.6. The van der Waals surface area contributed by atoms with E-state index in [1.807, 2.05) is 49.9 Å². The van der Waals surface area contributed by atoms with Gasteiger partial charge in [-0.1, -0.05) is 34.6 Å². The minimum atomic E-state index is -0.225. The molecule has 1 aromatic heterocycles. The fourth-order valence-corrected chi connectivity index (χ4v) is 2.76. The Morgan fingerprint density at radius 2 is 2.16 bits per heavy atom. The number of nitrogens with zero attached hydrogens (tertiary/aromatic N) is 4. The summed E-state index contributed by atoms with van der Waals surface area (Å²) in [5, 5.41) is 7.94. The van der Waals surface area contributed by atoms with Crippen molar-refractivity contribution in [1.29, 1.82) is 0 Å². The molecule has 132 valence electrons. The van der Waals surface area contributed by atoms with Crippen molar-refractivity contribution in [3.63, 3.8) is 0 Å². The first-order valence-corrected chi connectivity index (χ1v) is 8.41. The van der Waals surface area contributed by atoms with Gasteiger partial charge in [0.15, 0.2) is 0 Å². The van der Waals surface area contributed by atoms with Crippen molar-refractivity contribution in [2.75, 3.05) is 13.2 Å². The summed E-state index contributed by atoms with van der Waals surface area (Å²) in [6.07, 6.45) is 0. The lowest BCUT2D eigenvalue weighted by molar-refractivity contribution is -0.134. The second kappa shape index (κ2) is 7.04. The van der Waals surface area contributed by atoms with Crippen LogP contribution in [-0.4, -0.2) is 45.9 Å². The molecule has 2 aromatic rings. The second-order valence-electron chi connectivity index (χ2n) is 6.12. The Hall–Kier alpha value is -2.70. The van der Waals surface area contributed by atoms with Gasteiger partial charge in [0.05, 0.1) is 24.2 Å². The summed E-state index contributed by atoms with van der Waals surface area (Å²) in [5.74, 6) is 0.943. The van der Waals surface area contributed by atoms with Crippen molar-refractivity contribution in [3.8, 4) is 11.4 Å². The highest BCUT2D eigenvalue weighted by Crippen LogP contribution is 2.26. The summed E-state index contributed by atoms with van der Waals surface area (Å²) < 4.78 is 4.99. The first kappa shape index (κ1) is 17.1. The molecule has 1 fully saturated rings. The molecule has 1 saturated heterocycles. The van der Waals surface area contributed by atoms with Crippen LogP contribution in [-0.2, 0) is 9.63 Å². The van der Waals surface area contributed by atoms with E-state index in [1.54, 1.807) is 6.92 Å². The van der Waals surface area contributed by atoms with Crippen LogP contribution in [0.1, 0.15) is 38.1 Å². The fourth-order valence-electron chi connectivity index (χ4n) is 2.76.